The highest BCUT2D eigenvalue weighted by Gasteiger charge is 2.11. The number of phenols is 1. The average molecular weight is 261 g/mol. The third-order valence-electron chi connectivity index (χ3n) is 2.93. The molecule has 19 heavy (non-hydrogen) atoms. The number of aromatic hydroxyl groups is 1. The van der Waals surface area contributed by atoms with Crippen molar-refractivity contribution in [2.24, 2.45) is 0 Å². The normalized spacial score (nSPS) is 11.9. The van der Waals surface area contributed by atoms with Crippen molar-refractivity contribution in [3.63, 3.8) is 0 Å². The van der Waals surface area contributed by atoms with Gasteiger partial charge >= 0.3 is 0 Å². The molecule has 100 valence electrons. The second kappa shape index (κ2) is 5.61. The first kappa shape index (κ1) is 13.2. The van der Waals surface area contributed by atoms with Gasteiger partial charge in [0.2, 0.25) is 0 Å². The van der Waals surface area contributed by atoms with Crippen LogP contribution in [0.1, 0.15) is 18.5 Å². The van der Waals surface area contributed by atoms with Crippen LogP contribution in [0, 0.1) is 5.82 Å². The molecule has 2 rings (SSSR count). The number of anilines is 1. The van der Waals surface area contributed by atoms with Gasteiger partial charge in [0.05, 0.1) is 13.2 Å². The molecule has 2 aromatic rings. The van der Waals surface area contributed by atoms with E-state index in [1.165, 1.54) is 12.1 Å². The topological polar surface area (TPSA) is 41.5 Å². The summed E-state index contributed by atoms with van der Waals surface area (Å²) in [5, 5.41) is 13.1. The second-order valence-corrected chi connectivity index (χ2v) is 4.30. The molecule has 2 N–H and O–H groups in total. The van der Waals surface area contributed by atoms with Crippen LogP contribution in [0.15, 0.2) is 42.5 Å². The SMILES string of the molecule is COc1ccc(O)c(C(C)Nc2ccc(F)cc2)c1. The van der Waals surface area contributed by atoms with E-state index in [1.807, 2.05) is 6.92 Å². The summed E-state index contributed by atoms with van der Waals surface area (Å²) in [6.07, 6.45) is 0. The summed E-state index contributed by atoms with van der Waals surface area (Å²) in [6.45, 7) is 1.91. The van der Waals surface area contributed by atoms with Crippen LogP contribution in [-0.4, -0.2) is 12.2 Å². The molecule has 0 saturated heterocycles. The highest BCUT2D eigenvalue weighted by Crippen LogP contribution is 2.30. The Hall–Kier alpha value is -2.23. The molecule has 3 nitrogen and oxygen atoms in total. The van der Waals surface area contributed by atoms with Gasteiger partial charge in [-0.2, -0.15) is 0 Å². The number of nitrogens with one attached hydrogen (secondary N) is 1. The molecule has 0 aliphatic heterocycles. The number of hydrogen-bond donors (Lipinski definition) is 2. The highest BCUT2D eigenvalue weighted by atomic mass is 19.1. The van der Waals surface area contributed by atoms with Crippen molar-refractivity contribution >= 4 is 5.69 Å². The van der Waals surface area contributed by atoms with E-state index < -0.39 is 0 Å². The summed E-state index contributed by atoms with van der Waals surface area (Å²) < 4.78 is 18.0. The molecule has 0 heterocycles. The van der Waals surface area contributed by atoms with Gasteiger partial charge in [0, 0.05) is 11.3 Å². The molecule has 1 unspecified atom stereocenters. The molecule has 2 aromatic carbocycles. The van der Waals surface area contributed by atoms with E-state index in [4.69, 9.17) is 4.74 Å². The fourth-order valence-corrected chi connectivity index (χ4v) is 1.88. The minimum Gasteiger partial charge on any atom is -0.508 e. The third kappa shape index (κ3) is 3.16. The van der Waals surface area contributed by atoms with Crippen molar-refractivity contribution in [3.8, 4) is 11.5 Å². The van der Waals surface area contributed by atoms with E-state index in [1.54, 1.807) is 37.4 Å². The Morgan fingerprint density at radius 2 is 1.84 bits per heavy atom. The molecule has 0 amide bonds. The predicted octanol–water partition coefficient (Wildman–Crippen LogP) is 3.71. The number of methoxy groups -OCH3 is 1. The number of rotatable bonds is 4. The number of halogens is 1. The van der Waals surface area contributed by atoms with Gasteiger partial charge in [-0.05, 0) is 49.4 Å². The summed E-state index contributed by atoms with van der Waals surface area (Å²) in [7, 11) is 1.58. The minimum absolute atomic E-state index is 0.124. The molecular formula is C15H16FNO2. The smallest absolute Gasteiger partial charge is 0.123 e. The highest BCUT2D eigenvalue weighted by molar-refractivity contribution is 5.49. The van der Waals surface area contributed by atoms with Gasteiger partial charge in [-0.1, -0.05) is 0 Å². The van der Waals surface area contributed by atoms with E-state index in [2.05, 4.69) is 5.32 Å². The molecule has 0 aliphatic rings. The van der Waals surface area contributed by atoms with Gasteiger partial charge in [-0.25, -0.2) is 4.39 Å². The lowest BCUT2D eigenvalue weighted by molar-refractivity contribution is 0.410. The van der Waals surface area contributed by atoms with Crippen LogP contribution in [0.4, 0.5) is 10.1 Å². The predicted molar refractivity (Wildman–Crippen MR) is 73.1 cm³/mol. The summed E-state index contributed by atoms with van der Waals surface area (Å²) >= 11 is 0. The summed E-state index contributed by atoms with van der Waals surface area (Å²) in [4.78, 5) is 0. The van der Waals surface area contributed by atoms with Gasteiger partial charge in [-0.15, -0.1) is 0 Å². The van der Waals surface area contributed by atoms with E-state index >= 15 is 0 Å². The van der Waals surface area contributed by atoms with E-state index in [0.717, 1.165) is 11.3 Å². The number of hydrogen-bond acceptors (Lipinski definition) is 3. The number of benzene rings is 2. The molecule has 0 radical (unpaired) electrons. The first-order valence-corrected chi connectivity index (χ1v) is 5.99. The average Bonchev–Trinajstić information content (AvgIpc) is 2.42. The molecular weight excluding hydrogens is 245 g/mol. The Morgan fingerprint density at radius 1 is 1.16 bits per heavy atom. The Labute approximate surface area is 111 Å². The van der Waals surface area contributed by atoms with Crippen LogP contribution in [0.25, 0.3) is 0 Å². The molecule has 1 atom stereocenters. The van der Waals surface area contributed by atoms with Gasteiger partial charge in [0.25, 0.3) is 0 Å². The Balaban J connectivity index is 2.19. The van der Waals surface area contributed by atoms with E-state index in [9.17, 15) is 9.50 Å². The molecule has 0 aromatic heterocycles. The zero-order valence-corrected chi connectivity index (χ0v) is 10.9. The third-order valence-corrected chi connectivity index (χ3v) is 2.93. The van der Waals surface area contributed by atoms with Gasteiger partial charge in [0.15, 0.2) is 0 Å². The lowest BCUT2D eigenvalue weighted by Gasteiger charge is -2.17. The molecule has 4 heteroatoms. The van der Waals surface area contributed by atoms with Crippen molar-refractivity contribution in [1.82, 2.24) is 0 Å². The van der Waals surface area contributed by atoms with Gasteiger partial charge in [0.1, 0.15) is 17.3 Å². The fraction of sp³-hybridized carbons (Fsp3) is 0.200. The first-order chi connectivity index (χ1) is 9.10. The molecule has 0 bridgehead atoms. The van der Waals surface area contributed by atoms with Crippen LogP contribution in [0.3, 0.4) is 0 Å². The van der Waals surface area contributed by atoms with Crippen molar-refractivity contribution in [3.05, 3.63) is 53.8 Å². The minimum atomic E-state index is -0.276. The van der Waals surface area contributed by atoms with Crippen LogP contribution in [-0.2, 0) is 0 Å². The zero-order chi connectivity index (χ0) is 13.8. The van der Waals surface area contributed by atoms with Crippen LogP contribution in [0.2, 0.25) is 0 Å². The van der Waals surface area contributed by atoms with Crippen molar-refractivity contribution in [2.75, 3.05) is 12.4 Å². The van der Waals surface area contributed by atoms with Crippen LogP contribution >= 0.6 is 0 Å². The number of phenolic OH excluding ortho intramolecular Hbond substituents is 1. The van der Waals surface area contributed by atoms with Crippen molar-refractivity contribution in [2.45, 2.75) is 13.0 Å². The van der Waals surface area contributed by atoms with E-state index in [-0.39, 0.29) is 17.6 Å². The second-order valence-electron chi connectivity index (χ2n) is 4.30. The monoisotopic (exact) mass is 261 g/mol. The lowest BCUT2D eigenvalue weighted by Crippen LogP contribution is -2.07. The Kier molecular flexibility index (Phi) is 3.90. The lowest BCUT2D eigenvalue weighted by atomic mass is 10.1. The molecule has 0 fully saturated rings. The summed E-state index contributed by atoms with van der Waals surface area (Å²) in [5.41, 5.74) is 1.51. The zero-order valence-electron chi connectivity index (χ0n) is 10.9. The van der Waals surface area contributed by atoms with Crippen molar-refractivity contribution < 1.29 is 14.2 Å². The molecule has 0 spiro atoms. The van der Waals surface area contributed by atoms with E-state index in [0.29, 0.717) is 5.75 Å². The maximum Gasteiger partial charge on any atom is 0.123 e. The maximum absolute atomic E-state index is 12.8. The fourth-order valence-electron chi connectivity index (χ4n) is 1.88. The Bertz CT molecular complexity index is 555. The van der Waals surface area contributed by atoms with Gasteiger partial charge in [-0.3, -0.25) is 0 Å². The van der Waals surface area contributed by atoms with Crippen LogP contribution < -0.4 is 10.1 Å². The largest absolute Gasteiger partial charge is 0.508 e. The number of ether oxygens (including phenoxy) is 1. The van der Waals surface area contributed by atoms with Crippen LogP contribution in [0.5, 0.6) is 11.5 Å². The Morgan fingerprint density at radius 3 is 2.47 bits per heavy atom. The summed E-state index contributed by atoms with van der Waals surface area (Å²) in [6, 6.07) is 11.0. The first-order valence-electron chi connectivity index (χ1n) is 5.99. The quantitative estimate of drug-likeness (QED) is 0.881. The molecule has 0 aliphatic carbocycles. The summed E-state index contributed by atoms with van der Waals surface area (Å²) in [5.74, 6) is 0.603. The molecule has 0 saturated carbocycles. The standard InChI is InChI=1S/C15H16FNO2/c1-10(17-12-5-3-11(16)4-6-12)14-9-13(19-2)7-8-15(14)18/h3-10,17-18H,1-2H3. The maximum atomic E-state index is 12.8. The van der Waals surface area contributed by atoms with Crippen molar-refractivity contribution in [1.29, 1.82) is 0 Å². The van der Waals surface area contributed by atoms with Gasteiger partial charge < -0.3 is 15.2 Å².